The summed E-state index contributed by atoms with van der Waals surface area (Å²) in [7, 11) is 1.59. The van der Waals surface area contributed by atoms with Crippen LogP contribution in [0.25, 0.3) is 10.9 Å². The second-order valence-electron chi connectivity index (χ2n) is 5.36. The van der Waals surface area contributed by atoms with Crippen LogP contribution < -0.4 is 15.5 Å². The summed E-state index contributed by atoms with van der Waals surface area (Å²) < 4.78 is 6.14. The van der Waals surface area contributed by atoms with Crippen LogP contribution in [-0.2, 0) is 0 Å². The Balaban J connectivity index is 1.95. The first-order valence-corrected chi connectivity index (χ1v) is 8.34. The maximum Gasteiger partial charge on any atom is 0.261 e. The Kier molecular flexibility index (Phi) is 4.57. The van der Waals surface area contributed by atoms with Gasteiger partial charge in [-0.2, -0.15) is 0 Å². The van der Waals surface area contributed by atoms with Crippen molar-refractivity contribution in [2.45, 2.75) is 6.92 Å². The molecule has 0 aliphatic heterocycles. The number of carbonyl (C=O) groups is 1. The van der Waals surface area contributed by atoms with Crippen LogP contribution in [0.5, 0.6) is 5.75 Å². The number of H-pyrrole nitrogens is 1. The van der Waals surface area contributed by atoms with Crippen LogP contribution in [0, 0.1) is 10.5 Å². The van der Waals surface area contributed by atoms with Gasteiger partial charge in [0.1, 0.15) is 11.3 Å². The second kappa shape index (κ2) is 6.64. The SMILES string of the molecule is COc1ccc(NC(=O)c2c[nH]c3ccc(I)cc3c2=O)cc1C. The third kappa shape index (κ3) is 3.14. The number of anilines is 1. The molecule has 2 aromatic carbocycles. The number of fused-ring (bicyclic) bond motifs is 1. The molecular weight excluding hydrogens is 419 g/mol. The summed E-state index contributed by atoms with van der Waals surface area (Å²) in [4.78, 5) is 28.0. The molecule has 1 aromatic heterocycles. The highest BCUT2D eigenvalue weighted by Crippen LogP contribution is 2.21. The first kappa shape index (κ1) is 16.5. The molecule has 1 heterocycles. The molecule has 0 fully saturated rings. The Bertz CT molecular complexity index is 995. The molecule has 6 heteroatoms. The Morgan fingerprint density at radius 3 is 2.71 bits per heavy atom. The molecule has 5 nitrogen and oxygen atoms in total. The van der Waals surface area contributed by atoms with Gasteiger partial charge in [-0.05, 0) is 71.5 Å². The molecule has 24 heavy (non-hydrogen) atoms. The van der Waals surface area contributed by atoms with Gasteiger partial charge in [0.25, 0.3) is 5.91 Å². The van der Waals surface area contributed by atoms with Crippen molar-refractivity contribution < 1.29 is 9.53 Å². The van der Waals surface area contributed by atoms with E-state index in [1.165, 1.54) is 6.20 Å². The zero-order valence-corrected chi connectivity index (χ0v) is 15.3. The number of pyridine rings is 1. The molecule has 0 bridgehead atoms. The summed E-state index contributed by atoms with van der Waals surface area (Å²) in [6.45, 7) is 1.89. The fourth-order valence-electron chi connectivity index (χ4n) is 2.51. The first-order chi connectivity index (χ1) is 11.5. The molecule has 3 aromatic rings. The Morgan fingerprint density at radius 2 is 2.00 bits per heavy atom. The fourth-order valence-corrected chi connectivity index (χ4v) is 3.01. The normalized spacial score (nSPS) is 10.6. The molecule has 1 amide bonds. The van der Waals surface area contributed by atoms with E-state index in [1.807, 2.05) is 19.1 Å². The lowest BCUT2D eigenvalue weighted by Crippen LogP contribution is -2.22. The predicted molar refractivity (Wildman–Crippen MR) is 103 cm³/mol. The van der Waals surface area contributed by atoms with E-state index in [2.05, 4.69) is 32.9 Å². The lowest BCUT2D eigenvalue weighted by molar-refractivity contribution is 0.102. The van der Waals surface area contributed by atoms with Gasteiger partial charge in [-0.15, -0.1) is 0 Å². The zero-order valence-electron chi connectivity index (χ0n) is 13.1. The van der Waals surface area contributed by atoms with Crippen molar-refractivity contribution in [1.29, 1.82) is 0 Å². The van der Waals surface area contributed by atoms with Crippen LogP contribution in [-0.4, -0.2) is 18.0 Å². The quantitative estimate of drug-likeness (QED) is 0.618. The first-order valence-electron chi connectivity index (χ1n) is 7.26. The molecule has 0 spiro atoms. The molecule has 2 N–H and O–H groups in total. The van der Waals surface area contributed by atoms with Gasteiger partial charge in [0.05, 0.1) is 7.11 Å². The summed E-state index contributed by atoms with van der Waals surface area (Å²) in [6.07, 6.45) is 1.45. The standard InChI is InChI=1S/C18H15IN2O3/c1-10-7-12(4-6-16(10)24-2)21-18(23)14-9-20-15-5-3-11(19)8-13(15)17(14)22/h3-9H,1-2H3,(H,20,22)(H,21,23). The molecule has 122 valence electrons. The van der Waals surface area contributed by atoms with Crippen molar-refractivity contribution in [3.05, 3.63) is 67.5 Å². The van der Waals surface area contributed by atoms with E-state index in [9.17, 15) is 9.59 Å². The fraction of sp³-hybridized carbons (Fsp3) is 0.111. The molecule has 0 aliphatic carbocycles. The number of carbonyl (C=O) groups excluding carboxylic acids is 1. The molecule has 0 saturated heterocycles. The van der Waals surface area contributed by atoms with Gasteiger partial charge in [-0.3, -0.25) is 9.59 Å². The number of halogens is 1. The van der Waals surface area contributed by atoms with Gasteiger partial charge < -0.3 is 15.0 Å². The minimum absolute atomic E-state index is 0.0815. The Labute approximate surface area is 152 Å². The van der Waals surface area contributed by atoms with Gasteiger partial charge in [0.2, 0.25) is 5.43 Å². The number of hydrogen-bond donors (Lipinski definition) is 2. The summed E-state index contributed by atoms with van der Waals surface area (Å²) in [5, 5.41) is 3.25. The maximum absolute atomic E-state index is 12.6. The van der Waals surface area contributed by atoms with Gasteiger partial charge in [-0.25, -0.2) is 0 Å². The number of aryl methyl sites for hydroxylation is 1. The number of aromatic nitrogens is 1. The highest BCUT2D eigenvalue weighted by atomic mass is 127. The topological polar surface area (TPSA) is 71.2 Å². The largest absolute Gasteiger partial charge is 0.496 e. The van der Waals surface area contributed by atoms with Crippen LogP contribution >= 0.6 is 22.6 Å². The molecule has 0 aliphatic rings. The van der Waals surface area contributed by atoms with E-state index in [1.54, 1.807) is 31.4 Å². The van der Waals surface area contributed by atoms with Gasteiger partial charge in [0, 0.05) is 26.4 Å². The van der Waals surface area contributed by atoms with Crippen molar-refractivity contribution >= 4 is 45.1 Å². The van der Waals surface area contributed by atoms with Crippen LogP contribution in [0.3, 0.4) is 0 Å². The van der Waals surface area contributed by atoms with E-state index >= 15 is 0 Å². The van der Waals surface area contributed by atoms with Gasteiger partial charge in [-0.1, -0.05) is 0 Å². The summed E-state index contributed by atoms with van der Waals surface area (Å²) in [5.41, 5.74) is 2.01. The minimum atomic E-state index is -0.443. The van der Waals surface area contributed by atoms with Crippen LogP contribution in [0.4, 0.5) is 5.69 Å². The lowest BCUT2D eigenvalue weighted by Gasteiger charge is -2.09. The smallest absolute Gasteiger partial charge is 0.261 e. The third-order valence-electron chi connectivity index (χ3n) is 3.74. The number of methoxy groups -OCH3 is 1. The molecular formula is C18H15IN2O3. The van der Waals surface area contributed by atoms with Gasteiger partial charge >= 0.3 is 0 Å². The molecule has 0 unspecified atom stereocenters. The Morgan fingerprint density at radius 1 is 1.21 bits per heavy atom. The van der Waals surface area contributed by atoms with Crippen LogP contribution in [0.15, 0.2) is 47.4 Å². The predicted octanol–water partition coefficient (Wildman–Crippen LogP) is 3.70. The second-order valence-corrected chi connectivity index (χ2v) is 6.61. The molecule has 0 radical (unpaired) electrons. The van der Waals surface area contributed by atoms with E-state index in [0.29, 0.717) is 16.6 Å². The average molecular weight is 434 g/mol. The van der Waals surface area contributed by atoms with Gasteiger partial charge in [0.15, 0.2) is 0 Å². The lowest BCUT2D eigenvalue weighted by atomic mass is 10.1. The number of ether oxygens (including phenoxy) is 1. The number of nitrogens with one attached hydrogen (secondary N) is 2. The van der Waals surface area contributed by atoms with E-state index in [0.717, 1.165) is 14.9 Å². The summed E-state index contributed by atoms with van der Waals surface area (Å²) in [6, 6.07) is 10.8. The van der Waals surface area contributed by atoms with E-state index < -0.39 is 5.91 Å². The number of rotatable bonds is 3. The number of benzene rings is 2. The van der Waals surface area contributed by atoms with Crippen LogP contribution in [0.1, 0.15) is 15.9 Å². The number of amides is 1. The molecule has 0 saturated carbocycles. The molecule has 3 rings (SSSR count). The monoisotopic (exact) mass is 434 g/mol. The number of aromatic amines is 1. The zero-order chi connectivity index (χ0) is 17.3. The van der Waals surface area contributed by atoms with Crippen molar-refractivity contribution in [3.8, 4) is 5.75 Å². The summed E-state index contributed by atoms with van der Waals surface area (Å²) >= 11 is 2.14. The number of hydrogen-bond acceptors (Lipinski definition) is 3. The molecule has 0 atom stereocenters. The average Bonchev–Trinajstić information content (AvgIpc) is 2.56. The van der Waals surface area contributed by atoms with E-state index in [-0.39, 0.29) is 11.0 Å². The van der Waals surface area contributed by atoms with E-state index in [4.69, 9.17) is 4.74 Å². The maximum atomic E-state index is 12.6. The Hall–Kier alpha value is -2.35. The van der Waals surface area contributed by atoms with Crippen molar-refractivity contribution in [2.24, 2.45) is 0 Å². The summed E-state index contributed by atoms with van der Waals surface area (Å²) in [5.74, 6) is 0.299. The highest BCUT2D eigenvalue weighted by Gasteiger charge is 2.14. The highest BCUT2D eigenvalue weighted by molar-refractivity contribution is 14.1. The van der Waals surface area contributed by atoms with Crippen molar-refractivity contribution in [1.82, 2.24) is 4.98 Å². The van der Waals surface area contributed by atoms with Crippen molar-refractivity contribution in [2.75, 3.05) is 12.4 Å². The minimum Gasteiger partial charge on any atom is -0.496 e. The van der Waals surface area contributed by atoms with Crippen LogP contribution in [0.2, 0.25) is 0 Å². The van der Waals surface area contributed by atoms with Crippen molar-refractivity contribution in [3.63, 3.8) is 0 Å². The third-order valence-corrected chi connectivity index (χ3v) is 4.41.